The molecule has 19 heavy (non-hydrogen) atoms. The molecule has 106 valence electrons. The van der Waals surface area contributed by atoms with Crippen LogP contribution < -0.4 is 5.32 Å². The standard InChI is InChI=1S/C13H17F2NO3/c1-4-13(2,18)7-16-9-6-5-8(12(17)19-3)10(14)11(9)15/h5-6,16,18H,4,7H2,1-3H3. The lowest BCUT2D eigenvalue weighted by molar-refractivity contribution is 0.0593. The Morgan fingerprint density at radius 3 is 2.58 bits per heavy atom. The number of esters is 1. The van der Waals surface area contributed by atoms with Crippen LogP contribution in [0.4, 0.5) is 14.5 Å². The van der Waals surface area contributed by atoms with Gasteiger partial charge in [0.1, 0.15) is 0 Å². The molecule has 0 saturated heterocycles. The van der Waals surface area contributed by atoms with E-state index in [1.165, 1.54) is 6.07 Å². The van der Waals surface area contributed by atoms with Crippen LogP contribution >= 0.6 is 0 Å². The van der Waals surface area contributed by atoms with E-state index in [0.29, 0.717) is 6.42 Å². The molecular weight excluding hydrogens is 256 g/mol. The van der Waals surface area contributed by atoms with Crippen LogP contribution in [0, 0.1) is 11.6 Å². The molecule has 0 aromatic heterocycles. The van der Waals surface area contributed by atoms with Crippen LogP contribution in [0.2, 0.25) is 0 Å². The summed E-state index contributed by atoms with van der Waals surface area (Å²) in [7, 11) is 1.09. The minimum Gasteiger partial charge on any atom is -0.465 e. The molecule has 0 amide bonds. The van der Waals surface area contributed by atoms with Gasteiger partial charge in [0.25, 0.3) is 0 Å². The van der Waals surface area contributed by atoms with Gasteiger partial charge in [-0.3, -0.25) is 0 Å². The van der Waals surface area contributed by atoms with E-state index >= 15 is 0 Å². The molecule has 2 N–H and O–H groups in total. The summed E-state index contributed by atoms with van der Waals surface area (Å²) in [6, 6.07) is 2.36. The van der Waals surface area contributed by atoms with Crippen LogP contribution in [0.25, 0.3) is 0 Å². The number of hydrogen-bond donors (Lipinski definition) is 2. The van der Waals surface area contributed by atoms with Crippen molar-refractivity contribution >= 4 is 11.7 Å². The first-order chi connectivity index (χ1) is 8.82. The van der Waals surface area contributed by atoms with Gasteiger partial charge >= 0.3 is 5.97 Å². The fourth-order valence-corrected chi connectivity index (χ4v) is 1.36. The van der Waals surface area contributed by atoms with Gasteiger partial charge in [0.2, 0.25) is 0 Å². The molecule has 4 nitrogen and oxygen atoms in total. The molecule has 0 aliphatic heterocycles. The van der Waals surface area contributed by atoms with Gasteiger partial charge in [-0.15, -0.1) is 0 Å². The second kappa shape index (κ2) is 5.97. The van der Waals surface area contributed by atoms with Crippen LogP contribution in [0.15, 0.2) is 12.1 Å². The zero-order valence-corrected chi connectivity index (χ0v) is 11.1. The highest BCUT2D eigenvalue weighted by molar-refractivity contribution is 5.90. The maximum Gasteiger partial charge on any atom is 0.340 e. The Labute approximate surface area is 110 Å². The second-order valence-electron chi connectivity index (χ2n) is 4.48. The van der Waals surface area contributed by atoms with Gasteiger partial charge in [-0.2, -0.15) is 0 Å². The summed E-state index contributed by atoms with van der Waals surface area (Å²) >= 11 is 0. The molecule has 1 atom stereocenters. The number of methoxy groups -OCH3 is 1. The van der Waals surface area contributed by atoms with Gasteiger partial charge in [0.05, 0.1) is 24.0 Å². The number of ether oxygens (including phenoxy) is 1. The maximum atomic E-state index is 13.7. The molecule has 1 aromatic rings. The van der Waals surface area contributed by atoms with Gasteiger partial charge in [0.15, 0.2) is 11.6 Å². The molecule has 1 unspecified atom stereocenters. The fraction of sp³-hybridized carbons (Fsp3) is 0.462. The summed E-state index contributed by atoms with van der Waals surface area (Å²) in [5, 5.41) is 12.4. The van der Waals surface area contributed by atoms with E-state index in [1.807, 2.05) is 0 Å². The van der Waals surface area contributed by atoms with Crippen molar-refractivity contribution in [2.75, 3.05) is 19.0 Å². The lowest BCUT2D eigenvalue weighted by Crippen LogP contribution is -2.32. The number of halogens is 2. The number of rotatable bonds is 5. The monoisotopic (exact) mass is 273 g/mol. The molecule has 0 saturated carbocycles. The largest absolute Gasteiger partial charge is 0.465 e. The highest BCUT2D eigenvalue weighted by Crippen LogP contribution is 2.22. The summed E-state index contributed by atoms with van der Waals surface area (Å²) in [5.74, 6) is -3.38. The second-order valence-corrected chi connectivity index (χ2v) is 4.48. The van der Waals surface area contributed by atoms with Crippen LogP contribution in [0.5, 0.6) is 0 Å². The molecule has 0 fully saturated rings. The summed E-state index contributed by atoms with van der Waals surface area (Å²) < 4.78 is 31.7. The number of hydrogen-bond acceptors (Lipinski definition) is 4. The molecule has 0 heterocycles. The SMILES string of the molecule is CCC(C)(O)CNc1ccc(C(=O)OC)c(F)c1F. The van der Waals surface area contributed by atoms with E-state index in [1.54, 1.807) is 13.8 Å². The Kier molecular flexibility index (Phi) is 4.83. The lowest BCUT2D eigenvalue weighted by Gasteiger charge is -2.22. The van der Waals surface area contributed by atoms with Gasteiger partial charge in [0, 0.05) is 6.54 Å². The van der Waals surface area contributed by atoms with E-state index in [4.69, 9.17) is 0 Å². The predicted octanol–water partition coefficient (Wildman–Crippen LogP) is 2.32. The quantitative estimate of drug-likeness (QED) is 0.808. The first-order valence-corrected chi connectivity index (χ1v) is 5.85. The van der Waals surface area contributed by atoms with E-state index in [9.17, 15) is 18.7 Å². The van der Waals surface area contributed by atoms with Crippen LogP contribution in [-0.4, -0.2) is 30.3 Å². The molecule has 1 rings (SSSR count). The Balaban J connectivity index is 2.94. The molecule has 0 aliphatic carbocycles. The normalized spacial score (nSPS) is 13.8. The van der Waals surface area contributed by atoms with Crippen molar-refractivity contribution in [1.29, 1.82) is 0 Å². The van der Waals surface area contributed by atoms with Crippen LogP contribution in [0.1, 0.15) is 30.6 Å². The third-order valence-electron chi connectivity index (χ3n) is 2.91. The molecule has 0 radical (unpaired) electrons. The Morgan fingerprint density at radius 1 is 1.42 bits per heavy atom. The summed E-state index contributed by atoms with van der Waals surface area (Å²) in [6.45, 7) is 3.42. The van der Waals surface area contributed by atoms with Crippen molar-refractivity contribution < 1.29 is 23.4 Å². The fourth-order valence-electron chi connectivity index (χ4n) is 1.36. The van der Waals surface area contributed by atoms with Crippen molar-refractivity contribution in [3.8, 4) is 0 Å². The molecule has 6 heteroatoms. The number of carbonyl (C=O) groups excluding carboxylic acids is 1. The van der Waals surface area contributed by atoms with Crippen molar-refractivity contribution in [1.82, 2.24) is 0 Å². The molecule has 0 spiro atoms. The van der Waals surface area contributed by atoms with E-state index in [2.05, 4.69) is 10.1 Å². The lowest BCUT2D eigenvalue weighted by atomic mass is 10.0. The van der Waals surface area contributed by atoms with Gasteiger partial charge < -0.3 is 15.2 Å². The smallest absolute Gasteiger partial charge is 0.340 e. The van der Waals surface area contributed by atoms with Crippen molar-refractivity contribution in [3.63, 3.8) is 0 Å². The Morgan fingerprint density at radius 2 is 2.05 bits per heavy atom. The predicted molar refractivity (Wildman–Crippen MR) is 67.1 cm³/mol. The summed E-state index contributed by atoms with van der Waals surface area (Å²) in [4.78, 5) is 11.2. The minimum absolute atomic E-state index is 0.0669. The van der Waals surface area contributed by atoms with Gasteiger partial charge in [-0.05, 0) is 25.5 Å². The van der Waals surface area contributed by atoms with E-state index in [0.717, 1.165) is 13.2 Å². The van der Waals surface area contributed by atoms with E-state index in [-0.39, 0.29) is 12.2 Å². The van der Waals surface area contributed by atoms with Gasteiger partial charge in [-0.1, -0.05) is 6.92 Å². The van der Waals surface area contributed by atoms with Crippen LogP contribution in [-0.2, 0) is 4.74 Å². The number of benzene rings is 1. The average molecular weight is 273 g/mol. The van der Waals surface area contributed by atoms with Crippen LogP contribution in [0.3, 0.4) is 0 Å². The topological polar surface area (TPSA) is 58.6 Å². The highest BCUT2D eigenvalue weighted by atomic mass is 19.2. The Bertz CT molecular complexity index is 475. The molecule has 0 aliphatic rings. The van der Waals surface area contributed by atoms with Crippen molar-refractivity contribution in [2.45, 2.75) is 25.9 Å². The number of nitrogens with one attached hydrogen (secondary N) is 1. The zero-order chi connectivity index (χ0) is 14.6. The number of carbonyl (C=O) groups is 1. The van der Waals surface area contributed by atoms with Crippen molar-refractivity contribution in [2.24, 2.45) is 0 Å². The molecule has 1 aromatic carbocycles. The first kappa shape index (κ1) is 15.4. The third-order valence-corrected chi connectivity index (χ3v) is 2.91. The summed E-state index contributed by atoms with van der Waals surface area (Å²) in [6.07, 6.45) is 0.463. The zero-order valence-electron chi connectivity index (χ0n) is 11.1. The minimum atomic E-state index is -1.27. The third kappa shape index (κ3) is 3.64. The summed E-state index contributed by atoms with van der Waals surface area (Å²) in [5.41, 5.74) is -1.60. The highest BCUT2D eigenvalue weighted by Gasteiger charge is 2.21. The van der Waals surface area contributed by atoms with Crippen molar-refractivity contribution in [3.05, 3.63) is 29.3 Å². The Hall–Kier alpha value is -1.69. The number of aliphatic hydroxyl groups is 1. The average Bonchev–Trinajstić information content (AvgIpc) is 2.39. The molecular formula is C13H17F2NO3. The molecule has 0 bridgehead atoms. The maximum absolute atomic E-state index is 13.7. The van der Waals surface area contributed by atoms with Gasteiger partial charge in [-0.25, -0.2) is 13.6 Å². The first-order valence-electron chi connectivity index (χ1n) is 5.85. The number of anilines is 1. The van der Waals surface area contributed by atoms with E-state index < -0.39 is 28.8 Å².